The van der Waals surface area contributed by atoms with Gasteiger partial charge in [-0.2, -0.15) is 0 Å². The van der Waals surface area contributed by atoms with Crippen molar-refractivity contribution in [3.05, 3.63) is 40.0 Å². The van der Waals surface area contributed by atoms with E-state index in [4.69, 9.17) is 0 Å². The smallest absolute Gasteiger partial charge is 0.339 e. The summed E-state index contributed by atoms with van der Waals surface area (Å²) in [6, 6.07) is 2.19. The molecule has 17 heavy (non-hydrogen) atoms. The number of esters is 1. The molecule has 0 unspecified atom stereocenters. The van der Waals surface area contributed by atoms with Crippen LogP contribution < -0.4 is 0 Å². The van der Waals surface area contributed by atoms with E-state index in [0.29, 0.717) is 4.47 Å². The third kappa shape index (κ3) is 2.00. The number of carbonyl (C=O) groups excluding carboxylic acids is 1. The minimum atomic E-state index is -1.04. The fourth-order valence-electron chi connectivity index (χ4n) is 1.42. The van der Waals surface area contributed by atoms with E-state index >= 15 is 0 Å². The summed E-state index contributed by atoms with van der Waals surface area (Å²) in [7, 11) is 1.20. The maximum absolute atomic E-state index is 13.5. The molecule has 0 saturated carbocycles. The highest BCUT2D eigenvalue weighted by Gasteiger charge is 2.15. The van der Waals surface area contributed by atoms with Crippen LogP contribution >= 0.6 is 15.9 Å². The maximum Gasteiger partial charge on any atom is 0.339 e. The van der Waals surface area contributed by atoms with Gasteiger partial charge >= 0.3 is 5.97 Å². The van der Waals surface area contributed by atoms with E-state index in [1.807, 2.05) is 0 Å². The Morgan fingerprint density at radius 2 is 2.12 bits per heavy atom. The second-order valence-electron chi connectivity index (χ2n) is 3.27. The molecule has 0 bridgehead atoms. The number of benzene rings is 1. The molecular weight excluding hydrogens is 296 g/mol. The van der Waals surface area contributed by atoms with Crippen LogP contribution in [0.5, 0.6) is 0 Å². The lowest BCUT2D eigenvalue weighted by Gasteiger charge is -2.05. The molecule has 0 N–H and O–H groups in total. The molecule has 1 aromatic heterocycles. The van der Waals surface area contributed by atoms with E-state index in [1.54, 1.807) is 0 Å². The number of pyridine rings is 1. The standard InChI is InChI=1S/C11H6BrF2NO2/c1-17-11(16)5-2-6-9(14)8(13)3-7(12)10(6)15-4-5/h2-4H,1H3. The molecule has 1 heterocycles. The largest absolute Gasteiger partial charge is 0.465 e. The topological polar surface area (TPSA) is 39.2 Å². The monoisotopic (exact) mass is 301 g/mol. The van der Waals surface area contributed by atoms with Gasteiger partial charge in [0.1, 0.15) is 0 Å². The first-order valence-electron chi connectivity index (χ1n) is 4.56. The lowest BCUT2D eigenvalue weighted by Crippen LogP contribution is -2.02. The predicted molar refractivity (Wildman–Crippen MR) is 60.7 cm³/mol. The highest BCUT2D eigenvalue weighted by Crippen LogP contribution is 2.27. The summed E-state index contributed by atoms with van der Waals surface area (Å²) in [6.45, 7) is 0. The van der Waals surface area contributed by atoms with Gasteiger partial charge in [-0.1, -0.05) is 0 Å². The molecule has 0 atom stereocenters. The lowest BCUT2D eigenvalue weighted by atomic mass is 10.1. The van der Waals surface area contributed by atoms with E-state index in [9.17, 15) is 13.6 Å². The third-order valence-electron chi connectivity index (χ3n) is 2.23. The zero-order valence-corrected chi connectivity index (χ0v) is 10.2. The van der Waals surface area contributed by atoms with Crippen LogP contribution in [-0.4, -0.2) is 18.1 Å². The average Bonchev–Trinajstić information content (AvgIpc) is 2.34. The molecular formula is C11H6BrF2NO2. The Kier molecular flexibility index (Phi) is 3.06. The second kappa shape index (κ2) is 4.37. The van der Waals surface area contributed by atoms with Gasteiger partial charge in [0.15, 0.2) is 11.6 Å². The van der Waals surface area contributed by atoms with Gasteiger partial charge in [0, 0.05) is 16.1 Å². The number of hydrogen-bond acceptors (Lipinski definition) is 3. The summed E-state index contributed by atoms with van der Waals surface area (Å²) >= 11 is 3.08. The van der Waals surface area contributed by atoms with Crippen LogP contribution in [0.4, 0.5) is 8.78 Å². The van der Waals surface area contributed by atoms with E-state index < -0.39 is 17.6 Å². The lowest BCUT2D eigenvalue weighted by molar-refractivity contribution is 0.0600. The van der Waals surface area contributed by atoms with Crippen LogP contribution in [0.3, 0.4) is 0 Å². The van der Waals surface area contributed by atoms with Gasteiger partial charge in [-0.05, 0) is 28.1 Å². The van der Waals surface area contributed by atoms with Gasteiger partial charge in [-0.25, -0.2) is 13.6 Å². The van der Waals surface area contributed by atoms with E-state index in [1.165, 1.54) is 19.4 Å². The number of nitrogens with zero attached hydrogens (tertiary/aromatic N) is 1. The number of carbonyl (C=O) groups is 1. The maximum atomic E-state index is 13.5. The first-order chi connectivity index (χ1) is 8.04. The van der Waals surface area contributed by atoms with Gasteiger partial charge in [0.2, 0.25) is 0 Å². The fraction of sp³-hybridized carbons (Fsp3) is 0.0909. The summed E-state index contributed by atoms with van der Waals surface area (Å²) in [5.41, 5.74) is 0.313. The minimum absolute atomic E-state index is 0.0661. The Labute approximate surface area is 104 Å². The zero-order chi connectivity index (χ0) is 12.6. The van der Waals surface area contributed by atoms with Crippen LogP contribution in [0.25, 0.3) is 10.9 Å². The predicted octanol–water partition coefficient (Wildman–Crippen LogP) is 3.06. The Balaban J connectivity index is 2.76. The molecule has 6 heteroatoms. The summed E-state index contributed by atoms with van der Waals surface area (Å²) < 4.78 is 31.5. The third-order valence-corrected chi connectivity index (χ3v) is 2.84. The van der Waals surface area contributed by atoms with Crippen LogP contribution in [0.2, 0.25) is 0 Å². The molecule has 88 valence electrons. The molecule has 0 spiro atoms. The van der Waals surface area contributed by atoms with E-state index in [0.717, 1.165) is 6.07 Å². The van der Waals surface area contributed by atoms with Crippen molar-refractivity contribution in [1.82, 2.24) is 4.98 Å². The van der Waals surface area contributed by atoms with Crippen molar-refractivity contribution < 1.29 is 18.3 Å². The molecule has 2 aromatic rings. The quantitative estimate of drug-likeness (QED) is 0.600. The second-order valence-corrected chi connectivity index (χ2v) is 4.12. The highest BCUT2D eigenvalue weighted by atomic mass is 79.9. The SMILES string of the molecule is COC(=O)c1cnc2c(Br)cc(F)c(F)c2c1. The number of hydrogen-bond donors (Lipinski definition) is 0. The number of fused-ring (bicyclic) bond motifs is 1. The molecule has 0 fully saturated rings. The van der Waals surface area contributed by atoms with Crippen LogP contribution in [0.1, 0.15) is 10.4 Å². The molecule has 0 aliphatic carbocycles. The molecule has 0 saturated heterocycles. The summed E-state index contributed by atoms with van der Waals surface area (Å²) in [5, 5.41) is -0.0697. The van der Waals surface area contributed by atoms with Crippen molar-refractivity contribution in [3.8, 4) is 0 Å². The number of halogens is 3. The summed E-state index contributed by atoms with van der Waals surface area (Å²) in [4.78, 5) is 15.1. The van der Waals surface area contributed by atoms with Gasteiger partial charge in [-0.3, -0.25) is 4.98 Å². The van der Waals surface area contributed by atoms with Gasteiger partial charge < -0.3 is 4.74 Å². The Bertz CT molecular complexity index is 616. The van der Waals surface area contributed by atoms with E-state index in [2.05, 4.69) is 25.7 Å². The van der Waals surface area contributed by atoms with Crippen molar-refractivity contribution in [2.45, 2.75) is 0 Å². The molecule has 2 rings (SSSR count). The number of aromatic nitrogens is 1. The first-order valence-corrected chi connectivity index (χ1v) is 5.35. The number of rotatable bonds is 1. The van der Waals surface area contributed by atoms with Crippen molar-refractivity contribution in [3.63, 3.8) is 0 Å². The highest BCUT2D eigenvalue weighted by molar-refractivity contribution is 9.10. The molecule has 0 aliphatic rings. The van der Waals surface area contributed by atoms with Crippen LogP contribution in [0, 0.1) is 11.6 Å². The van der Waals surface area contributed by atoms with Gasteiger partial charge in [-0.15, -0.1) is 0 Å². The summed E-state index contributed by atoms with van der Waals surface area (Å²) in [5.74, 6) is -2.70. The Hall–Kier alpha value is -1.56. The van der Waals surface area contributed by atoms with Crippen molar-refractivity contribution in [2.24, 2.45) is 0 Å². The molecule has 1 aromatic carbocycles. The number of methoxy groups -OCH3 is 1. The first kappa shape index (κ1) is 11.9. The van der Waals surface area contributed by atoms with Crippen LogP contribution in [0.15, 0.2) is 22.8 Å². The molecule has 3 nitrogen and oxygen atoms in total. The Morgan fingerprint density at radius 1 is 1.41 bits per heavy atom. The van der Waals surface area contributed by atoms with Gasteiger partial charge in [0.05, 0.1) is 18.2 Å². The summed E-state index contributed by atoms with van der Waals surface area (Å²) in [6.07, 6.45) is 1.25. The fourth-order valence-corrected chi connectivity index (χ4v) is 1.94. The zero-order valence-electron chi connectivity index (χ0n) is 8.63. The van der Waals surface area contributed by atoms with Gasteiger partial charge in [0.25, 0.3) is 0 Å². The minimum Gasteiger partial charge on any atom is -0.465 e. The molecule has 0 radical (unpaired) electrons. The molecule has 0 amide bonds. The van der Waals surface area contributed by atoms with Crippen molar-refractivity contribution in [1.29, 1.82) is 0 Å². The normalized spacial score (nSPS) is 10.6. The van der Waals surface area contributed by atoms with Crippen LogP contribution in [-0.2, 0) is 4.74 Å². The Morgan fingerprint density at radius 3 is 2.76 bits per heavy atom. The van der Waals surface area contributed by atoms with E-state index in [-0.39, 0.29) is 16.5 Å². The van der Waals surface area contributed by atoms with Crippen molar-refractivity contribution in [2.75, 3.05) is 7.11 Å². The number of ether oxygens (including phenoxy) is 1. The van der Waals surface area contributed by atoms with Crippen molar-refractivity contribution >= 4 is 32.8 Å². The molecule has 0 aliphatic heterocycles. The average molecular weight is 302 g/mol.